The second-order valence-corrected chi connectivity index (χ2v) is 6.14. The lowest BCUT2D eigenvalue weighted by Gasteiger charge is -2.23. The molecule has 1 aliphatic rings. The summed E-state index contributed by atoms with van der Waals surface area (Å²) in [4.78, 5) is 4.45. The largest absolute Gasteiger partial charge is 0.479 e. The summed E-state index contributed by atoms with van der Waals surface area (Å²) in [7, 11) is 0. The summed E-state index contributed by atoms with van der Waals surface area (Å²) in [6, 6.07) is 0. The van der Waals surface area contributed by atoms with Crippen LogP contribution in [-0.4, -0.2) is 19.0 Å². The maximum atomic E-state index is 5.59. The summed E-state index contributed by atoms with van der Waals surface area (Å²) >= 11 is 0. The van der Waals surface area contributed by atoms with Crippen LogP contribution in [0.1, 0.15) is 78.6 Å². The van der Waals surface area contributed by atoms with Crippen LogP contribution in [0.25, 0.3) is 0 Å². The first-order valence-corrected chi connectivity index (χ1v) is 7.84. The van der Waals surface area contributed by atoms with Gasteiger partial charge in [-0.1, -0.05) is 72.1 Å². The van der Waals surface area contributed by atoms with E-state index in [0.717, 1.165) is 19.0 Å². The first kappa shape index (κ1) is 15.5. The predicted molar refractivity (Wildman–Crippen MR) is 79.3 cm³/mol. The Balaban J connectivity index is 2.00. The summed E-state index contributed by atoms with van der Waals surface area (Å²) < 4.78 is 5.59. The number of aliphatic imine (C=N–C) groups is 1. The third-order valence-corrected chi connectivity index (χ3v) is 3.82. The molecule has 0 aromatic heterocycles. The number of nitrogens with zero attached hydrogens (tertiary/aromatic N) is 1. The molecule has 2 heteroatoms. The van der Waals surface area contributed by atoms with E-state index in [-0.39, 0.29) is 5.41 Å². The van der Waals surface area contributed by atoms with Crippen LogP contribution in [0.15, 0.2) is 4.99 Å². The lowest BCUT2D eigenvalue weighted by molar-refractivity contribution is 0.282. The van der Waals surface area contributed by atoms with E-state index in [0.29, 0.717) is 0 Å². The topological polar surface area (TPSA) is 21.6 Å². The highest BCUT2D eigenvalue weighted by molar-refractivity contribution is 5.82. The van der Waals surface area contributed by atoms with E-state index >= 15 is 0 Å². The standard InChI is InChI=1S/C16H31NO/c1-4-5-6-7-8-9-10-11-12-16(2,3)15-17-13-14-18-15/h4-14H2,1-3H3. The average molecular weight is 253 g/mol. The molecule has 0 fully saturated rings. The van der Waals surface area contributed by atoms with Crippen LogP contribution in [0.4, 0.5) is 0 Å². The molecule has 0 amide bonds. The molecule has 1 aliphatic heterocycles. The van der Waals surface area contributed by atoms with E-state index in [2.05, 4.69) is 25.8 Å². The maximum absolute atomic E-state index is 5.59. The Hall–Kier alpha value is -0.530. The van der Waals surface area contributed by atoms with Gasteiger partial charge < -0.3 is 4.74 Å². The van der Waals surface area contributed by atoms with Crippen LogP contribution >= 0.6 is 0 Å². The molecule has 0 aromatic carbocycles. The van der Waals surface area contributed by atoms with Crippen molar-refractivity contribution in [1.82, 2.24) is 0 Å². The van der Waals surface area contributed by atoms with Gasteiger partial charge in [0.25, 0.3) is 0 Å². The predicted octanol–water partition coefficient (Wildman–Crippen LogP) is 4.97. The number of ether oxygens (including phenoxy) is 1. The minimum Gasteiger partial charge on any atom is -0.479 e. The number of unbranched alkanes of at least 4 members (excludes halogenated alkanes) is 7. The van der Waals surface area contributed by atoms with E-state index in [4.69, 9.17) is 4.74 Å². The van der Waals surface area contributed by atoms with Crippen molar-refractivity contribution < 1.29 is 4.74 Å². The highest BCUT2D eigenvalue weighted by Crippen LogP contribution is 2.28. The lowest BCUT2D eigenvalue weighted by Crippen LogP contribution is -2.24. The van der Waals surface area contributed by atoms with E-state index in [1.54, 1.807) is 0 Å². The van der Waals surface area contributed by atoms with Gasteiger partial charge in [-0.05, 0) is 6.42 Å². The van der Waals surface area contributed by atoms with Crippen LogP contribution < -0.4 is 0 Å². The fraction of sp³-hybridized carbons (Fsp3) is 0.938. The van der Waals surface area contributed by atoms with Gasteiger partial charge in [-0.2, -0.15) is 0 Å². The molecule has 0 spiro atoms. The van der Waals surface area contributed by atoms with Crippen LogP contribution in [0.3, 0.4) is 0 Å². The number of rotatable bonds is 10. The number of hydrogen-bond acceptors (Lipinski definition) is 2. The monoisotopic (exact) mass is 253 g/mol. The molecular weight excluding hydrogens is 222 g/mol. The second kappa shape index (κ2) is 8.55. The van der Waals surface area contributed by atoms with Gasteiger partial charge in [0.1, 0.15) is 6.61 Å². The zero-order valence-electron chi connectivity index (χ0n) is 12.6. The van der Waals surface area contributed by atoms with Gasteiger partial charge in [0.15, 0.2) is 5.90 Å². The van der Waals surface area contributed by atoms with Crippen molar-refractivity contribution in [1.29, 1.82) is 0 Å². The van der Waals surface area contributed by atoms with Gasteiger partial charge in [0.2, 0.25) is 0 Å². The molecule has 1 rings (SSSR count). The Morgan fingerprint density at radius 2 is 1.61 bits per heavy atom. The van der Waals surface area contributed by atoms with Gasteiger partial charge in [0.05, 0.1) is 6.54 Å². The summed E-state index contributed by atoms with van der Waals surface area (Å²) in [5.41, 5.74) is 0.151. The SMILES string of the molecule is CCCCCCCCCCC(C)(C)C1=NCCO1. The molecule has 0 radical (unpaired) electrons. The number of hydrogen-bond donors (Lipinski definition) is 0. The van der Waals surface area contributed by atoms with Crippen LogP contribution in [-0.2, 0) is 4.74 Å². The smallest absolute Gasteiger partial charge is 0.189 e. The molecule has 0 atom stereocenters. The molecule has 18 heavy (non-hydrogen) atoms. The van der Waals surface area contributed by atoms with Crippen molar-refractivity contribution in [2.24, 2.45) is 10.4 Å². The second-order valence-electron chi connectivity index (χ2n) is 6.14. The van der Waals surface area contributed by atoms with E-state index in [1.807, 2.05) is 0 Å². The zero-order chi connectivity index (χ0) is 13.3. The average Bonchev–Trinajstić information content (AvgIpc) is 2.87. The van der Waals surface area contributed by atoms with E-state index < -0.39 is 0 Å². The van der Waals surface area contributed by atoms with Gasteiger partial charge in [-0.15, -0.1) is 0 Å². The van der Waals surface area contributed by atoms with Gasteiger partial charge in [-0.3, -0.25) is 4.99 Å². The van der Waals surface area contributed by atoms with Gasteiger partial charge in [0, 0.05) is 5.41 Å². The highest BCUT2D eigenvalue weighted by atomic mass is 16.5. The van der Waals surface area contributed by atoms with Gasteiger partial charge in [-0.25, -0.2) is 0 Å². The van der Waals surface area contributed by atoms with Crippen molar-refractivity contribution in [3.05, 3.63) is 0 Å². The summed E-state index contributed by atoms with van der Waals surface area (Å²) in [5.74, 6) is 0.991. The summed E-state index contributed by atoms with van der Waals surface area (Å²) in [6.45, 7) is 8.44. The quantitative estimate of drug-likeness (QED) is 0.504. The molecule has 1 heterocycles. The van der Waals surface area contributed by atoms with Crippen LogP contribution in [0.5, 0.6) is 0 Å². The molecule has 0 saturated heterocycles. The van der Waals surface area contributed by atoms with E-state index in [9.17, 15) is 0 Å². The minimum absolute atomic E-state index is 0.151. The molecule has 0 aromatic rings. The Bertz CT molecular complexity index is 245. The molecule has 0 saturated carbocycles. The maximum Gasteiger partial charge on any atom is 0.189 e. The fourth-order valence-electron chi connectivity index (χ4n) is 2.55. The minimum atomic E-state index is 0.151. The Morgan fingerprint density at radius 1 is 1.00 bits per heavy atom. The van der Waals surface area contributed by atoms with E-state index in [1.165, 1.54) is 57.8 Å². The molecule has 0 bridgehead atoms. The zero-order valence-corrected chi connectivity index (χ0v) is 12.6. The van der Waals surface area contributed by atoms with Crippen molar-refractivity contribution in [3.63, 3.8) is 0 Å². The first-order valence-electron chi connectivity index (χ1n) is 7.84. The molecular formula is C16H31NO. The molecule has 106 valence electrons. The van der Waals surface area contributed by atoms with Gasteiger partial charge >= 0.3 is 0 Å². The van der Waals surface area contributed by atoms with Crippen molar-refractivity contribution >= 4 is 5.90 Å². The Morgan fingerprint density at radius 3 is 2.17 bits per heavy atom. The summed E-state index contributed by atoms with van der Waals surface area (Å²) in [5, 5.41) is 0. The van der Waals surface area contributed by atoms with Crippen molar-refractivity contribution in [2.45, 2.75) is 78.6 Å². The third-order valence-electron chi connectivity index (χ3n) is 3.82. The lowest BCUT2D eigenvalue weighted by atomic mass is 9.86. The van der Waals surface area contributed by atoms with Crippen LogP contribution in [0.2, 0.25) is 0 Å². The third kappa shape index (κ3) is 5.88. The molecule has 0 unspecified atom stereocenters. The molecule has 0 N–H and O–H groups in total. The molecule has 0 aliphatic carbocycles. The fourth-order valence-corrected chi connectivity index (χ4v) is 2.55. The Kier molecular flexibility index (Phi) is 7.38. The van der Waals surface area contributed by atoms with Crippen molar-refractivity contribution in [2.75, 3.05) is 13.2 Å². The normalized spacial score (nSPS) is 15.6. The Labute approximate surface area is 113 Å². The van der Waals surface area contributed by atoms with Crippen molar-refractivity contribution in [3.8, 4) is 0 Å². The molecule has 2 nitrogen and oxygen atoms in total. The van der Waals surface area contributed by atoms with Crippen LogP contribution in [0, 0.1) is 5.41 Å². The summed E-state index contributed by atoms with van der Waals surface area (Å²) in [6.07, 6.45) is 12.3. The first-order chi connectivity index (χ1) is 8.67. The highest BCUT2D eigenvalue weighted by Gasteiger charge is 2.28.